The number of hydrogen-bond acceptors (Lipinski definition) is 2. The van der Waals surface area contributed by atoms with Crippen molar-refractivity contribution >= 4 is 22.1 Å². The van der Waals surface area contributed by atoms with Crippen molar-refractivity contribution in [2.24, 2.45) is 0 Å². The Hall–Kier alpha value is -1.70. The zero-order valence-electron chi connectivity index (χ0n) is 11.9. The van der Waals surface area contributed by atoms with Crippen LogP contribution in [0, 0.1) is 0 Å². The molecule has 0 spiro atoms. The second kappa shape index (κ2) is 5.12. The predicted octanol–water partition coefficient (Wildman–Crippen LogP) is 3.90. The molecule has 19 heavy (non-hydrogen) atoms. The molecule has 1 aliphatic rings. The first-order valence-corrected chi connectivity index (χ1v) is 7.20. The van der Waals surface area contributed by atoms with Gasteiger partial charge in [0.1, 0.15) is 0 Å². The average Bonchev–Trinajstić information content (AvgIpc) is 2.47. The number of hydrogen-bond donors (Lipinski definition) is 0. The molecular weight excluding hydrogens is 232 g/mol. The summed E-state index contributed by atoms with van der Waals surface area (Å²) in [5, 5.41) is 2.67. The van der Waals surface area contributed by atoms with Gasteiger partial charge in [-0.15, -0.1) is 0 Å². The van der Waals surface area contributed by atoms with E-state index in [1.807, 2.05) is 0 Å². The molecule has 3 rings (SSSR count). The third-order valence-electron chi connectivity index (χ3n) is 4.05. The van der Waals surface area contributed by atoms with E-state index < -0.39 is 0 Å². The highest BCUT2D eigenvalue weighted by molar-refractivity contribution is 5.88. The summed E-state index contributed by atoms with van der Waals surface area (Å²) in [6.45, 7) is 2.42. The number of benzene rings is 2. The number of anilines is 2. The summed E-state index contributed by atoms with van der Waals surface area (Å²) in [7, 11) is 4.17. The molecule has 0 amide bonds. The van der Waals surface area contributed by atoms with E-state index in [0.29, 0.717) is 0 Å². The monoisotopic (exact) mass is 254 g/mol. The SMILES string of the molecule is CN(C)c1ccc2cc(N3CCCCC3)ccc2c1. The molecule has 0 aromatic heterocycles. The highest BCUT2D eigenvalue weighted by Gasteiger charge is 2.11. The largest absolute Gasteiger partial charge is 0.378 e. The van der Waals surface area contributed by atoms with Gasteiger partial charge in [0.2, 0.25) is 0 Å². The van der Waals surface area contributed by atoms with Crippen molar-refractivity contribution < 1.29 is 0 Å². The molecule has 2 aromatic carbocycles. The van der Waals surface area contributed by atoms with E-state index in [-0.39, 0.29) is 0 Å². The average molecular weight is 254 g/mol. The van der Waals surface area contributed by atoms with Crippen LogP contribution in [0.2, 0.25) is 0 Å². The van der Waals surface area contributed by atoms with Gasteiger partial charge < -0.3 is 9.80 Å². The molecule has 2 nitrogen and oxygen atoms in total. The number of fused-ring (bicyclic) bond motifs is 1. The molecule has 1 heterocycles. The van der Waals surface area contributed by atoms with E-state index in [1.54, 1.807) is 0 Å². The van der Waals surface area contributed by atoms with Crippen LogP contribution in [0.5, 0.6) is 0 Å². The van der Waals surface area contributed by atoms with E-state index in [2.05, 4.69) is 60.3 Å². The first kappa shape index (κ1) is 12.3. The van der Waals surface area contributed by atoms with Crippen LogP contribution in [0.4, 0.5) is 11.4 Å². The van der Waals surface area contributed by atoms with Crippen LogP contribution in [-0.4, -0.2) is 27.2 Å². The first-order valence-electron chi connectivity index (χ1n) is 7.20. The Balaban J connectivity index is 1.94. The Labute approximate surface area is 115 Å². The van der Waals surface area contributed by atoms with Crippen molar-refractivity contribution in [3.05, 3.63) is 36.4 Å². The summed E-state index contributed by atoms with van der Waals surface area (Å²) in [4.78, 5) is 4.67. The Bertz CT molecular complexity index is 568. The Morgan fingerprint density at radius 2 is 1.53 bits per heavy atom. The van der Waals surface area contributed by atoms with Gasteiger partial charge >= 0.3 is 0 Å². The number of nitrogens with zero attached hydrogens (tertiary/aromatic N) is 2. The summed E-state index contributed by atoms with van der Waals surface area (Å²) in [6.07, 6.45) is 4.05. The van der Waals surface area contributed by atoms with Gasteiger partial charge in [0, 0.05) is 38.6 Å². The van der Waals surface area contributed by atoms with E-state index >= 15 is 0 Å². The van der Waals surface area contributed by atoms with E-state index in [1.165, 1.54) is 54.5 Å². The quantitative estimate of drug-likeness (QED) is 0.802. The molecule has 2 heteroatoms. The zero-order valence-corrected chi connectivity index (χ0v) is 11.9. The summed E-state index contributed by atoms with van der Waals surface area (Å²) >= 11 is 0. The fraction of sp³-hybridized carbons (Fsp3) is 0.412. The van der Waals surface area contributed by atoms with Crippen LogP contribution in [0.3, 0.4) is 0 Å². The molecule has 0 aliphatic carbocycles. The summed E-state index contributed by atoms with van der Waals surface area (Å²) in [5.41, 5.74) is 2.64. The van der Waals surface area contributed by atoms with Crippen molar-refractivity contribution in [3.63, 3.8) is 0 Å². The van der Waals surface area contributed by atoms with Gasteiger partial charge in [-0.3, -0.25) is 0 Å². The lowest BCUT2D eigenvalue weighted by molar-refractivity contribution is 0.578. The van der Waals surface area contributed by atoms with Crippen molar-refractivity contribution in [1.29, 1.82) is 0 Å². The fourth-order valence-corrected chi connectivity index (χ4v) is 2.85. The van der Waals surface area contributed by atoms with Crippen molar-refractivity contribution in [2.45, 2.75) is 19.3 Å². The number of piperidine rings is 1. The Morgan fingerprint density at radius 1 is 0.842 bits per heavy atom. The molecule has 0 unspecified atom stereocenters. The third-order valence-corrected chi connectivity index (χ3v) is 4.05. The van der Waals surface area contributed by atoms with Gasteiger partial charge in [-0.1, -0.05) is 12.1 Å². The molecule has 0 radical (unpaired) electrons. The lowest BCUT2D eigenvalue weighted by atomic mass is 10.1. The maximum Gasteiger partial charge on any atom is 0.0372 e. The summed E-state index contributed by atoms with van der Waals surface area (Å²) < 4.78 is 0. The van der Waals surface area contributed by atoms with Crippen molar-refractivity contribution in [1.82, 2.24) is 0 Å². The molecule has 0 saturated carbocycles. The molecule has 1 saturated heterocycles. The minimum Gasteiger partial charge on any atom is -0.378 e. The molecule has 1 aliphatic heterocycles. The van der Waals surface area contributed by atoms with Crippen molar-refractivity contribution in [2.75, 3.05) is 37.0 Å². The lowest BCUT2D eigenvalue weighted by Gasteiger charge is -2.29. The predicted molar refractivity (Wildman–Crippen MR) is 84.3 cm³/mol. The van der Waals surface area contributed by atoms with E-state index in [0.717, 1.165) is 0 Å². The summed E-state index contributed by atoms with van der Waals surface area (Å²) in [6, 6.07) is 13.6. The maximum atomic E-state index is 2.52. The highest BCUT2D eigenvalue weighted by Crippen LogP contribution is 2.27. The van der Waals surface area contributed by atoms with Gasteiger partial charge in [0.25, 0.3) is 0 Å². The van der Waals surface area contributed by atoms with E-state index in [4.69, 9.17) is 0 Å². The van der Waals surface area contributed by atoms with Gasteiger partial charge in [-0.25, -0.2) is 0 Å². The molecule has 100 valence electrons. The molecule has 0 N–H and O–H groups in total. The maximum absolute atomic E-state index is 2.52. The van der Waals surface area contributed by atoms with Gasteiger partial charge in [-0.05, 0) is 54.3 Å². The van der Waals surface area contributed by atoms with Gasteiger partial charge in [0.05, 0.1) is 0 Å². The molecule has 0 bridgehead atoms. The third kappa shape index (κ3) is 2.53. The highest BCUT2D eigenvalue weighted by atomic mass is 15.1. The van der Waals surface area contributed by atoms with Crippen molar-refractivity contribution in [3.8, 4) is 0 Å². The zero-order chi connectivity index (χ0) is 13.2. The molecule has 2 aromatic rings. The van der Waals surface area contributed by atoms with Crippen LogP contribution in [0.25, 0.3) is 10.8 Å². The minimum atomic E-state index is 1.21. The molecule has 1 fully saturated rings. The summed E-state index contributed by atoms with van der Waals surface area (Å²) in [5.74, 6) is 0. The van der Waals surface area contributed by atoms with Gasteiger partial charge in [-0.2, -0.15) is 0 Å². The second-order valence-electron chi connectivity index (χ2n) is 5.66. The Kier molecular flexibility index (Phi) is 3.33. The minimum absolute atomic E-state index is 1.21. The normalized spacial score (nSPS) is 15.8. The molecule has 0 atom stereocenters. The first-order chi connectivity index (χ1) is 9.24. The van der Waals surface area contributed by atoms with E-state index in [9.17, 15) is 0 Å². The standard InChI is InChI=1S/C17H22N2/c1-18(2)16-8-6-15-13-17(9-7-14(15)12-16)19-10-4-3-5-11-19/h6-9,12-13H,3-5,10-11H2,1-2H3. The van der Waals surface area contributed by atoms with Crippen LogP contribution in [-0.2, 0) is 0 Å². The van der Waals surface area contributed by atoms with Gasteiger partial charge in [0.15, 0.2) is 0 Å². The fourth-order valence-electron chi connectivity index (χ4n) is 2.85. The topological polar surface area (TPSA) is 6.48 Å². The number of rotatable bonds is 2. The lowest BCUT2D eigenvalue weighted by Crippen LogP contribution is -2.29. The smallest absolute Gasteiger partial charge is 0.0372 e. The second-order valence-corrected chi connectivity index (χ2v) is 5.66. The van der Waals surface area contributed by atoms with Crippen LogP contribution >= 0.6 is 0 Å². The van der Waals surface area contributed by atoms with Crippen LogP contribution in [0.15, 0.2) is 36.4 Å². The van der Waals surface area contributed by atoms with Crippen LogP contribution in [0.1, 0.15) is 19.3 Å². The Morgan fingerprint density at radius 3 is 2.26 bits per heavy atom. The van der Waals surface area contributed by atoms with Crippen LogP contribution < -0.4 is 9.80 Å². The molecular formula is C17H22N2.